The van der Waals surface area contributed by atoms with E-state index in [2.05, 4.69) is 0 Å². The molecule has 0 radical (unpaired) electrons. The molecule has 6 nitrogen and oxygen atoms in total. The molecule has 1 aliphatic carbocycles. The van der Waals surface area contributed by atoms with Gasteiger partial charge in [-0.3, -0.25) is 4.79 Å². The predicted octanol–water partition coefficient (Wildman–Crippen LogP) is 1.80. The maximum atomic E-state index is 12.1. The van der Waals surface area contributed by atoms with E-state index in [1.54, 1.807) is 0 Å². The van der Waals surface area contributed by atoms with Crippen molar-refractivity contribution in [2.24, 2.45) is 5.92 Å². The van der Waals surface area contributed by atoms with Crippen molar-refractivity contribution in [3.05, 3.63) is 59.9 Å². The van der Waals surface area contributed by atoms with Crippen molar-refractivity contribution >= 4 is 5.78 Å². The van der Waals surface area contributed by atoms with Gasteiger partial charge >= 0.3 is 0 Å². The molecule has 0 saturated carbocycles. The van der Waals surface area contributed by atoms with Gasteiger partial charge in [-0.15, -0.1) is 0 Å². The summed E-state index contributed by atoms with van der Waals surface area (Å²) in [6.45, 7) is 0. The van der Waals surface area contributed by atoms with Crippen LogP contribution in [0.4, 0.5) is 0 Å². The van der Waals surface area contributed by atoms with Crippen molar-refractivity contribution in [2.45, 2.75) is 5.79 Å². The van der Waals surface area contributed by atoms with Crippen LogP contribution in [0.2, 0.25) is 0 Å². The van der Waals surface area contributed by atoms with Crippen LogP contribution in [-0.4, -0.2) is 39.1 Å². The molecule has 1 aromatic carbocycles. The Morgan fingerprint density at radius 3 is 2.68 bits per heavy atom. The van der Waals surface area contributed by atoms with Crippen LogP contribution in [0.5, 0.6) is 11.5 Å². The zero-order chi connectivity index (χ0) is 16.3. The number of aliphatic hydroxyl groups excluding tert-OH is 1. The van der Waals surface area contributed by atoms with Crippen molar-refractivity contribution in [3.8, 4) is 11.5 Å². The third kappa shape index (κ3) is 3.03. The predicted molar refractivity (Wildman–Crippen MR) is 78.5 cm³/mol. The van der Waals surface area contributed by atoms with E-state index in [4.69, 9.17) is 4.74 Å². The molecule has 22 heavy (non-hydrogen) atoms. The monoisotopic (exact) mass is 304 g/mol. The Morgan fingerprint density at radius 2 is 2.05 bits per heavy atom. The van der Waals surface area contributed by atoms with Gasteiger partial charge in [0.15, 0.2) is 11.6 Å². The van der Waals surface area contributed by atoms with E-state index in [-0.39, 0.29) is 22.8 Å². The van der Waals surface area contributed by atoms with E-state index in [9.17, 15) is 25.2 Å². The number of rotatable bonds is 4. The van der Waals surface area contributed by atoms with Crippen LogP contribution in [0.15, 0.2) is 54.3 Å². The van der Waals surface area contributed by atoms with Crippen LogP contribution in [0.1, 0.15) is 10.4 Å². The topological polar surface area (TPSA) is 107 Å². The number of carbonyl (C=O) groups excluding carboxylic acids is 1. The third-order valence-electron chi connectivity index (χ3n) is 3.38. The first-order chi connectivity index (χ1) is 10.4. The Balaban J connectivity index is 2.25. The van der Waals surface area contributed by atoms with E-state index in [0.29, 0.717) is 0 Å². The molecule has 116 valence electrons. The zero-order valence-electron chi connectivity index (χ0n) is 11.8. The molecule has 0 fully saturated rings. The van der Waals surface area contributed by atoms with Gasteiger partial charge in [-0.05, 0) is 30.4 Å². The van der Waals surface area contributed by atoms with E-state index >= 15 is 0 Å². The number of phenols is 2. The highest BCUT2D eigenvalue weighted by Gasteiger charge is 2.37. The van der Waals surface area contributed by atoms with Gasteiger partial charge in [0.05, 0.1) is 11.5 Å². The molecule has 1 aromatic rings. The number of benzene rings is 1. The smallest absolute Gasteiger partial charge is 0.198 e. The minimum atomic E-state index is -1.76. The molecule has 6 heteroatoms. The number of allylic oxidation sites excluding steroid dienone is 3. The van der Waals surface area contributed by atoms with Gasteiger partial charge in [0.25, 0.3) is 0 Å². The molecule has 0 saturated heterocycles. The van der Waals surface area contributed by atoms with Crippen molar-refractivity contribution in [1.82, 2.24) is 0 Å². The number of ether oxygens (including phenoxy) is 1. The number of methoxy groups -OCH3 is 1. The van der Waals surface area contributed by atoms with Gasteiger partial charge in [0.1, 0.15) is 17.3 Å². The highest BCUT2D eigenvalue weighted by Crippen LogP contribution is 2.31. The lowest BCUT2D eigenvalue weighted by Gasteiger charge is -2.31. The lowest BCUT2D eigenvalue weighted by molar-refractivity contribution is -0.171. The number of hydrogen-bond donors (Lipinski definition) is 4. The van der Waals surface area contributed by atoms with E-state index in [1.807, 2.05) is 0 Å². The first-order valence-electron chi connectivity index (χ1n) is 6.48. The summed E-state index contributed by atoms with van der Waals surface area (Å²) < 4.78 is 4.96. The fraction of sp³-hybridized carbons (Fsp3) is 0.188. The van der Waals surface area contributed by atoms with Crippen molar-refractivity contribution in [3.63, 3.8) is 0 Å². The van der Waals surface area contributed by atoms with Crippen molar-refractivity contribution in [2.75, 3.05) is 7.11 Å². The third-order valence-corrected chi connectivity index (χ3v) is 3.38. The van der Waals surface area contributed by atoms with Gasteiger partial charge in [0.2, 0.25) is 0 Å². The van der Waals surface area contributed by atoms with Gasteiger partial charge in [-0.2, -0.15) is 0 Å². The summed E-state index contributed by atoms with van der Waals surface area (Å²) in [5.41, 5.74) is -0.00942. The molecule has 0 heterocycles. The zero-order valence-corrected chi connectivity index (χ0v) is 11.8. The van der Waals surface area contributed by atoms with Crippen LogP contribution in [0.3, 0.4) is 0 Å². The molecule has 0 aliphatic heterocycles. The normalized spacial score (nSPS) is 24.5. The van der Waals surface area contributed by atoms with E-state index in [0.717, 1.165) is 12.1 Å². The Labute approximate surface area is 126 Å². The maximum Gasteiger partial charge on any atom is 0.198 e. The fourth-order valence-corrected chi connectivity index (χ4v) is 2.14. The summed E-state index contributed by atoms with van der Waals surface area (Å²) >= 11 is 0. The molecule has 0 amide bonds. The summed E-state index contributed by atoms with van der Waals surface area (Å²) in [6, 6.07) is 3.59. The quantitative estimate of drug-likeness (QED) is 0.384. The molecular weight excluding hydrogens is 288 g/mol. The fourth-order valence-electron chi connectivity index (χ4n) is 2.14. The molecule has 0 spiro atoms. The first-order valence-corrected chi connectivity index (χ1v) is 6.48. The number of phenolic OH excluding ortho intramolecular Hbond substituents is 2. The van der Waals surface area contributed by atoms with Crippen molar-refractivity contribution in [1.29, 1.82) is 0 Å². The standard InChI is InChI=1S/C16H16O6/c1-22-16(21)8-2-3-14(19)12(16)6-7-13(18)11-5-4-10(17)9-15(11)20/h2-9,12,17,19-21H,1H3/b7-6+. The minimum Gasteiger partial charge on any atom is -0.511 e. The summed E-state index contributed by atoms with van der Waals surface area (Å²) in [5, 5.41) is 38.9. The number of hydrogen-bond acceptors (Lipinski definition) is 6. The lowest BCUT2D eigenvalue weighted by Crippen LogP contribution is -2.39. The number of carbonyl (C=O) groups is 1. The molecule has 0 aromatic heterocycles. The van der Waals surface area contributed by atoms with Crippen LogP contribution in [0.25, 0.3) is 0 Å². The second kappa shape index (κ2) is 6.05. The maximum absolute atomic E-state index is 12.1. The van der Waals surface area contributed by atoms with Gasteiger partial charge in [-0.25, -0.2) is 0 Å². The SMILES string of the molecule is COC1(O)C=CC=C(O)C1/C=C/C(=O)c1ccc(O)cc1O. The highest BCUT2D eigenvalue weighted by atomic mass is 16.6. The largest absolute Gasteiger partial charge is 0.511 e. The Hall–Kier alpha value is -2.57. The van der Waals surface area contributed by atoms with Crippen LogP contribution >= 0.6 is 0 Å². The van der Waals surface area contributed by atoms with Crippen LogP contribution < -0.4 is 0 Å². The molecule has 2 rings (SSSR count). The summed E-state index contributed by atoms with van der Waals surface area (Å²) in [4.78, 5) is 12.1. The lowest BCUT2D eigenvalue weighted by atomic mass is 9.90. The summed E-state index contributed by atoms with van der Waals surface area (Å²) in [6.07, 6.45) is 6.57. The van der Waals surface area contributed by atoms with Gasteiger partial charge in [-0.1, -0.05) is 12.2 Å². The number of aromatic hydroxyl groups is 2. The Bertz CT molecular complexity index is 673. The molecular formula is C16H16O6. The average Bonchev–Trinajstić information content (AvgIpc) is 2.46. The molecule has 1 aliphatic rings. The van der Waals surface area contributed by atoms with Crippen LogP contribution in [0, 0.1) is 5.92 Å². The first kappa shape index (κ1) is 15.8. The van der Waals surface area contributed by atoms with Gasteiger partial charge < -0.3 is 25.2 Å². The van der Waals surface area contributed by atoms with Crippen LogP contribution in [-0.2, 0) is 4.74 Å². The molecule has 0 bridgehead atoms. The second-order valence-corrected chi connectivity index (χ2v) is 4.81. The minimum absolute atomic E-state index is 0.00942. The molecule has 2 atom stereocenters. The van der Waals surface area contributed by atoms with Crippen molar-refractivity contribution < 1.29 is 30.0 Å². The number of aliphatic hydroxyl groups is 2. The average molecular weight is 304 g/mol. The van der Waals surface area contributed by atoms with E-state index in [1.165, 1.54) is 43.5 Å². The molecule has 4 N–H and O–H groups in total. The number of ketones is 1. The van der Waals surface area contributed by atoms with Gasteiger partial charge in [0, 0.05) is 13.2 Å². The summed E-state index contributed by atoms with van der Waals surface area (Å²) in [7, 11) is 1.28. The Kier molecular flexibility index (Phi) is 4.35. The Morgan fingerprint density at radius 1 is 1.32 bits per heavy atom. The van der Waals surface area contributed by atoms with E-state index < -0.39 is 17.5 Å². The summed E-state index contributed by atoms with van der Waals surface area (Å²) in [5.74, 6) is -3.94. The highest BCUT2D eigenvalue weighted by molar-refractivity contribution is 6.06. The second-order valence-electron chi connectivity index (χ2n) is 4.81. The molecule has 2 unspecified atom stereocenters.